The minimum Gasteiger partial charge on any atom is -0.465 e. The summed E-state index contributed by atoms with van der Waals surface area (Å²) in [5.41, 5.74) is 0.686. The van der Waals surface area contributed by atoms with Crippen LogP contribution in [-0.2, 0) is 9.53 Å². The summed E-state index contributed by atoms with van der Waals surface area (Å²) in [6.45, 7) is 0. The predicted molar refractivity (Wildman–Crippen MR) is 31.6 cm³/mol. The average Bonchev–Trinajstić information content (AvgIpc) is 1.90. The topological polar surface area (TPSA) is 50.1 Å². The number of halogens is 1. The molecular formula is C5H4ClNO2. The van der Waals surface area contributed by atoms with Crippen molar-refractivity contribution in [3.05, 3.63) is 11.1 Å². The van der Waals surface area contributed by atoms with Crippen molar-refractivity contribution in [2.75, 3.05) is 7.11 Å². The lowest BCUT2D eigenvalue weighted by atomic mass is 10.3. The summed E-state index contributed by atoms with van der Waals surface area (Å²) in [4.78, 5) is 10.4. The molecule has 0 saturated heterocycles. The third kappa shape index (κ3) is 2.15. The minimum atomic E-state index is -0.715. The molecule has 0 radical (unpaired) electrons. The zero-order chi connectivity index (χ0) is 7.28. The Morgan fingerprint density at radius 1 is 1.89 bits per heavy atom. The fourth-order valence-corrected chi connectivity index (χ4v) is 0.362. The Morgan fingerprint density at radius 3 is 2.56 bits per heavy atom. The van der Waals surface area contributed by atoms with Crippen molar-refractivity contribution in [3.8, 4) is 6.07 Å². The Bertz CT molecular complexity index is 180. The Hall–Kier alpha value is -1.01. The number of rotatable bonds is 1. The molecule has 0 saturated carbocycles. The smallest absolute Gasteiger partial charge is 0.349 e. The van der Waals surface area contributed by atoms with Crippen molar-refractivity contribution < 1.29 is 9.53 Å². The van der Waals surface area contributed by atoms with Gasteiger partial charge in [0.1, 0.15) is 11.6 Å². The van der Waals surface area contributed by atoms with Crippen molar-refractivity contribution >= 4 is 17.6 Å². The van der Waals surface area contributed by atoms with Gasteiger partial charge in [-0.3, -0.25) is 0 Å². The van der Waals surface area contributed by atoms with Gasteiger partial charge in [-0.2, -0.15) is 5.26 Å². The van der Waals surface area contributed by atoms with Crippen molar-refractivity contribution in [2.45, 2.75) is 0 Å². The third-order valence-corrected chi connectivity index (χ3v) is 0.853. The van der Waals surface area contributed by atoms with Gasteiger partial charge in [0.15, 0.2) is 0 Å². The first-order valence-corrected chi connectivity index (χ1v) is 2.48. The SMILES string of the molecule is COC(=O)/C(C#N)=C\Cl. The van der Waals surface area contributed by atoms with Crippen molar-refractivity contribution in [1.29, 1.82) is 5.26 Å². The molecule has 0 spiro atoms. The molecule has 4 heteroatoms. The lowest BCUT2D eigenvalue weighted by Gasteiger charge is -1.90. The number of carbonyl (C=O) groups is 1. The van der Waals surface area contributed by atoms with E-state index in [0.717, 1.165) is 5.54 Å². The zero-order valence-electron chi connectivity index (χ0n) is 4.72. The number of nitriles is 1. The number of carbonyl (C=O) groups excluding carboxylic acids is 1. The molecule has 0 fully saturated rings. The summed E-state index contributed by atoms with van der Waals surface area (Å²) >= 11 is 5.06. The van der Waals surface area contributed by atoms with E-state index in [1.165, 1.54) is 7.11 Å². The molecule has 48 valence electrons. The highest BCUT2D eigenvalue weighted by molar-refractivity contribution is 6.27. The van der Waals surface area contributed by atoms with Crippen LogP contribution in [0.5, 0.6) is 0 Å². The molecule has 0 rings (SSSR count). The van der Waals surface area contributed by atoms with Crippen LogP contribution in [0.4, 0.5) is 0 Å². The summed E-state index contributed by atoms with van der Waals surface area (Å²) in [5, 5.41) is 8.12. The number of methoxy groups -OCH3 is 1. The molecule has 9 heavy (non-hydrogen) atoms. The molecule has 0 bridgehead atoms. The summed E-state index contributed by atoms with van der Waals surface area (Å²) in [7, 11) is 1.18. The predicted octanol–water partition coefficient (Wildman–Crippen LogP) is 0.806. The molecule has 0 aliphatic rings. The van der Waals surface area contributed by atoms with E-state index in [4.69, 9.17) is 16.9 Å². The normalized spacial score (nSPS) is 10.1. The van der Waals surface area contributed by atoms with Gasteiger partial charge in [-0.25, -0.2) is 4.79 Å². The first-order valence-electron chi connectivity index (χ1n) is 2.05. The number of esters is 1. The molecule has 3 nitrogen and oxygen atoms in total. The van der Waals surface area contributed by atoms with E-state index in [0.29, 0.717) is 0 Å². The van der Waals surface area contributed by atoms with Crippen molar-refractivity contribution in [2.24, 2.45) is 0 Å². The Kier molecular flexibility index (Phi) is 3.49. The van der Waals surface area contributed by atoms with Gasteiger partial charge in [0.05, 0.1) is 7.11 Å². The average molecular weight is 146 g/mol. The maximum Gasteiger partial charge on any atom is 0.349 e. The summed E-state index contributed by atoms with van der Waals surface area (Å²) < 4.78 is 4.18. The molecule has 0 aliphatic heterocycles. The quantitative estimate of drug-likeness (QED) is 0.312. The second-order valence-electron chi connectivity index (χ2n) is 1.13. The van der Waals surface area contributed by atoms with Crippen LogP contribution in [0.3, 0.4) is 0 Å². The van der Waals surface area contributed by atoms with Crippen LogP contribution in [0.15, 0.2) is 11.1 Å². The van der Waals surface area contributed by atoms with Crippen LogP contribution >= 0.6 is 11.6 Å². The summed E-state index contributed by atoms with van der Waals surface area (Å²) in [6.07, 6.45) is 0. The highest BCUT2D eigenvalue weighted by Gasteiger charge is 2.05. The largest absolute Gasteiger partial charge is 0.465 e. The molecule has 0 N–H and O–H groups in total. The van der Waals surface area contributed by atoms with Gasteiger partial charge in [0.2, 0.25) is 0 Å². The number of nitrogens with zero attached hydrogens (tertiary/aromatic N) is 1. The summed E-state index contributed by atoms with van der Waals surface area (Å²) in [6, 6.07) is 1.56. The molecule has 0 aromatic heterocycles. The Balaban J connectivity index is 4.19. The zero-order valence-corrected chi connectivity index (χ0v) is 5.47. The van der Waals surface area contributed by atoms with E-state index >= 15 is 0 Å². The van der Waals surface area contributed by atoms with Crippen LogP contribution < -0.4 is 0 Å². The molecule has 0 unspecified atom stereocenters. The van der Waals surface area contributed by atoms with E-state index < -0.39 is 5.97 Å². The van der Waals surface area contributed by atoms with Gasteiger partial charge in [-0.1, -0.05) is 11.6 Å². The standard InChI is InChI=1S/C5H4ClNO2/c1-9-5(8)4(2-6)3-7/h2H,1H3/b4-2-. The van der Waals surface area contributed by atoms with Crippen LogP contribution in [0, 0.1) is 11.3 Å². The second-order valence-corrected chi connectivity index (χ2v) is 1.34. The number of ether oxygens (including phenoxy) is 1. The molecule has 0 atom stereocenters. The van der Waals surface area contributed by atoms with E-state index in [1.54, 1.807) is 6.07 Å². The van der Waals surface area contributed by atoms with E-state index in [-0.39, 0.29) is 5.57 Å². The van der Waals surface area contributed by atoms with Crippen LogP contribution in [-0.4, -0.2) is 13.1 Å². The third-order valence-electron chi connectivity index (χ3n) is 0.635. The number of hydrogen-bond donors (Lipinski definition) is 0. The van der Waals surface area contributed by atoms with Gasteiger partial charge in [0, 0.05) is 5.54 Å². The van der Waals surface area contributed by atoms with Gasteiger partial charge in [-0.15, -0.1) is 0 Å². The lowest BCUT2D eigenvalue weighted by molar-refractivity contribution is -0.135. The van der Waals surface area contributed by atoms with Crippen LogP contribution in [0.25, 0.3) is 0 Å². The van der Waals surface area contributed by atoms with Gasteiger partial charge in [-0.05, 0) is 0 Å². The highest BCUT2D eigenvalue weighted by Crippen LogP contribution is 1.96. The molecule has 0 aromatic carbocycles. The van der Waals surface area contributed by atoms with Gasteiger partial charge >= 0.3 is 5.97 Å². The van der Waals surface area contributed by atoms with E-state index in [2.05, 4.69) is 4.74 Å². The van der Waals surface area contributed by atoms with E-state index in [9.17, 15) is 4.79 Å². The second kappa shape index (κ2) is 3.93. The Morgan fingerprint density at radius 2 is 2.44 bits per heavy atom. The monoisotopic (exact) mass is 145 g/mol. The molecule has 0 amide bonds. The van der Waals surface area contributed by atoms with Crippen LogP contribution in [0.2, 0.25) is 0 Å². The van der Waals surface area contributed by atoms with Crippen molar-refractivity contribution in [3.63, 3.8) is 0 Å². The first kappa shape index (κ1) is 7.99. The van der Waals surface area contributed by atoms with E-state index in [1.807, 2.05) is 0 Å². The van der Waals surface area contributed by atoms with Crippen LogP contribution in [0.1, 0.15) is 0 Å². The molecule has 0 aromatic rings. The summed E-state index contributed by atoms with van der Waals surface area (Å²) in [5.74, 6) is -0.715. The maximum absolute atomic E-state index is 10.4. The van der Waals surface area contributed by atoms with Gasteiger partial charge < -0.3 is 4.74 Å². The number of hydrogen-bond acceptors (Lipinski definition) is 3. The lowest BCUT2D eigenvalue weighted by Crippen LogP contribution is -2.01. The molecule has 0 heterocycles. The maximum atomic E-state index is 10.4. The van der Waals surface area contributed by atoms with Crippen molar-refractivity contribution in [1.82, 2.24) is 0 Å². The first-order chi connectivity index (χ1) is 4.26. The highest BCUT2D eigenvalue weighted by atomic mass is 35.5. The minimum absolute atomic E-state index is 0.195. The molecular weight excluding hydrogens is 142 g/mol. The van der Waals surface area contributed by atoms with Gasteiger partial charge in [0.25, 0.3) is 0 Å². The fraction of sp³-hybridized carbons (Fsp3) is 0.200. The fourth-order valence-electron chi connectivity index (χ4n) is 0.225. The molecule has 0 aliphatic carbocycles. The Labute approximate surface area is 57.5 Å².